The summed E-state index contributed by atoms with van der Waals surface area (Å²) in [6, 6.07) is 10.7. The average Bonchev–Trinajstić information content (AvgIpc) is 3.41. The van der Waals surface area contributed by atoms with Crippen LogP contribution in [0.1, 0.15) is 76.7 Å². The van der Waals surface area contributed by atoms with Crippen LogP contribution in [0.2, 0.25) is 0 Å². The van der Waals surface area contributed by atoms with Crippen LogP contribution in [0.3, 0.4) is 0 Å². The predicted octanol–water partition coefficient (Wildman–Crippen LogP) is 7.74. The van der Waals surface area contributed by atoms with E-state index < -0.39 is 0 Å². The molecule has 1 aromatic carbocycles. The Morgan fingerprint density at radius 3 is 2.42 bits per heavy atom. The summed E-state index contributed by atoms with van der Waals surface area (Å²) in [5.74, 6) is 0.712. The summed E-state index contributed by atoms with van der Waals surface area (Å²) in [4.78, 5) is 6.90. The zero-order chi connectivity index (χ0) is 28.9. The second-order valence-corrected chi connectivity index (χ2v) is 9.62. The SMILES string of the molecule is C=Cc1c(C(=C\C)/C(=C\CC)NC(CC)c2ccnc(N3CCOCC3)c2)cnn1-c1ccc(F)cc1.CCC. The molecule has 1 unspecified atom stereocenters. The highest BCUT2D eigenvalue weighted by molar-refractivity contribution is 5.82. The van der Waals surface area contributed by atoms with Crippen LogP contribution in [0.5, 0.6) is 0 Å². The van der Waals surface area contributed by atoms with Crippen molar-refractivity contribution in [2.75, 3.05) is 31.2 Å². The zero-order valence-corrected chi connectivity index (χ0v) is 24.7. The minimum atomic E-state index is -0.277. The number of ether oxygens (including phenoxy) is 1. The quantitative estimate of drug-likeness (QED) is 0.264. The number of nitrogens with one attached hydrogen (secondary N) is 1. The molecule has 1 saturated heterocycles. The minimum absolute atomic E-state index is 0.106. The summed E-state index contributed by atoms with van der Waals surface area (Å²) in [6.07, 6.45) is 12.9. The molecule has 3 heterocycles. The van der Waals surface area contributed by atoms with Crippen LogP contribution in [0.15, 0.2) is 73.2 Å². The van der Waals surface area contributed by atoms with Gasteiger partial charge in [-0.1, -0.05) is 52.8 Å². The zero-order valence-electron chi connectivity index (χ0n) is 24.7. The van der Waals surface area contributed by atoms with Crippen molar-refractivity contribution < 1.29 is 9.13 Å². The van der Waals surface area contributed by atoms with E-state index in [4.69, 9.17) is 4.74 Å². The van der Waals surface area contributed by atoms with E-state index >= 15 is 0 Å². The largest absolute Gasteiger partial charge is 0.378 e. The maximum atomic E-state index is 13.5. The van der Waals surface area contributed by atoms with E-state index in [9.17, 15) is 4.39 Å². The Bertz CT molecular complexity index is 1270. The molecule has 7 heteroatoms. The lowest BCUT2D eigenvalue weighted by Crippen LogP contribution is -2.36. The third kappa shape index (κ3) is 7.69. The Labute approximate surface area is 239 Å². The van der Waals surface area contributed by atoms with Crippen molar-refractivity contribution in [2.45, 2.75) is 59.9 Å². The van der Waals surface area contributed by atoms with Crippen LogP contribution in [0, 0.1) is 5.82 Å². The first-order valence-corrected chi connectivity index (χ1v) is 14.4. The van der Waals surface area contributed by atoms with Gasteiger partial charge in [0, 0.05) is 36.1 Å². The summed E-state index contributed by atoms with van der Waals surface area (Å²) < 4.78 is 20.8. The lowest BCUT2D eigenvalue weighted by Gasteiger charge is -2.29. The summed E-state index contributed by atoms with van der Waals surface area (Å²) in [5.41, 5.74) is 5.89. The van der Waals surface area contributed by atoms with E-state index in [1.165, 1.54) is 24.1 Å². The van der Waals surface area contributed by atoms with E-state index in [0.717, 1.165) is 73.2 Å². The van der Waals surface area contributed by atoms with Gasteiger partial charge in [0.2, 0.25) is 0 Å². The molecule has 0 saturated carbocycles. The van der Waals surface area contributed by atoms with Gasteiger partial charge >= 0.3 is 0 Å². The van der Waals surface area contributed by atoms with Gasteiger partial charge in [-0.05, 0) is 67.8 Å². The Morgan fingerprint density at radius 1 is 1.12 bits per heavy atom. The van der Waals surface area contributed by atoms with Crippen molar-refractivity contribution in [1.29, 1.82) is 0 Å². The smallest absolute Gasteiger partial charge is 0.128 e. The molecule has 6 nitrogen and oxygen atoms in total. The van der Waals surface area contributed by atoms with Gasteiger partial charge in [0.05, 0.1) is 36.8 Å². The topological polar surface area (TPSA) is 55.2 Å². The number of rotatable bonds is 10. The maximum Gasteiger partial charge on any atom is 0.128 e. The summed E-state index contributed by atoms with van der Waals surface area (Å²) >= 11 is 0. The van der Waals surface area contributed by atoms with E-state index in [1.807, 2.05) is 19.3 Å². The first kappa shape index (κ1) is 30.8. The molecule has 0 bridgehead atoms. The van der Waals surface area contributed by atoms with Crippen LogP contribution in [-0.4, -0.2) is 41.1 Å². The van der Waals surface area contributed by atoms with Gasteiger partial charge in [0.1, 0.15) is 11.6 Å². The van der Waals surface area contributed by atoms with Gasteiger partial charge in [0.25, 0.3) is 0 Å². The standard InChI is InChI=1S/C30H36FN5O.C3H8/c1-5-9-28(34-27(7-3)22-14-15-32-30(20-22)35-16-18-37-19-17-35)25(6-2)26-21-33-36(29(26)8-4)24-12-10-23(31)11-13-24;1-3-2/h6,8-15,20-21,27,34H,4-5,7,16-19H2,1-3H3;3H2,1-2H3/b25-6+,28-9+;. The Balaban J connectivity index is 0.00000141. The molecule has 1 fully saturated rings. The number of anilines is 1. The molecule has 1 N–H and O–H groups in total. The highest BCUT2D eigenvalue weighted by Gasteiger charge is 2.20. The second kappa shape index (κ2) is 15.8. The molecular weight excluding hydrogens is 501 g/mol. The fraction of sp³-hybridized carbons (Fsp3) is 0.394. The predicted molar refractivity (Wildman–Crippen MR) is 165 cm³/mol. The van der Waals surface area contributed by atoms with Crippen LogP contribution < -0.4 is 10.2 Å². The van der Waals surface area contributed by atoms with Gasteiger partial charge in [0.15, 0.2) is 0 Å². The molecule has 1 atom stereocenters. The Kier molecular flexibility index (Phi) is 12.2. The summed E-state index contributed by atoms with van der Waals surface area (Å²) in [7, 11) is 0. The molecule has 2 aromatic heterocycles. The van der Waals surface area contributed by atoms with E-state index in [1.54, 1.807) is 22.9 Å². The van der Waals surface area contributed by atoms with Crippen molar-refractivity contribution in [3.8, 4) is 5.69 Å². The number of hydrogen-bond donors (Lipinski definition) is 1. The molecule has 0 radical (unpaired) electrons. The van der Waals surface area contributed by atoms with Crippen molar-refractivity contribution in [2.24, 2.45) is 0 Å². The van der Waals surface area contributed by atoms with Crippen molar-refractivity contribution >= 4 is 17.5 Å². The highest BCUT2D eigenvalue weighted by atomic mass is 19.1. The van der Waals surface area contributed by atoms with E-state index in [0.29, 0.717) is 0 Å². The van der Waals surface area contributed by atoms with Crippen LogP contribution in [0.4, 0.5) is 10.2 Å². The Hall–Kier alpha value is -3.71. The highest BCUT2D eigenvalue weighted by Crippen LogP contribution is 2.31. The molecule has 4 rings (SSSR count). The molecule has 0 amide bonds. The summed E-state index contributed by atoms with van der Waals surface area (Å²) in [5, 5.41) is 8.43. The first-order valence-electron chi connectivity index (χ1n) is 14.4. The number of benzene rings is 1. The number of halogens is 1. The number of pyridine rings is 1. The lowest BCUT2D eigenvalue weighted by molar-refractivity contribution is 0.122. The van der Waals surface area contributed by atoms with E-state index in [2.05, 4.69) is 78.9 Å². The summed E-state index contributed by atoms with van der Waals surface area (Å²) in [6.45, 7) is 17.8. The molecule has 0 aliphatic carbocycles. The molecule has 3 aromatic rings. The lowest BCUT2D eigenvalue weighted by atomic mass is 9.98. The van der Waals surface area contributed by atoms with Gasteiger partial charge < -0.3 is 15.0 Å². The van der Waals surface area contributed by atoms with Gasteiger partial charge in [-0.15, -0.1) is 0 Å². The van der Waals surface area contributed by atoms with Crippen LogP contribution in [0.25, 0.3) is 17.3 Å². The maximum absolute atomic E-state index is 13.5. The molecule has 1 aliphatic rings. The Morgan fingerprint density at radius 2 is 1.82 bits per heavy atom. The van der Waals surface area contributed by atoms with Crippen molar-refractivity contribution in [1.82, 2.24) is 20.1 Å². The fourth-order valence-electron chi connectivity index (χ4n) is 4.68. The number of nitrogens with zero attached hydrogens (tertiary/aromatic N) is 4. The van der Waals surface area contributed by atoms with Crippen LogP contribution in [-0.2, 0) is 4.74 Å². The van der Waals surface area contributed by atoms with Crippen LogP contribution >= 0.6 is 0 Å². The number of aromatic nitrogens is 3. The number of allylic oxidation sites excluding steroid dienone is 3. The average molecular weight is 546 g/mol. The van der Waals surface area contributed by atoms with Crippen molar-refractivity contribution in [3.63, 3.8) is 0 Å². The molecule has 0 spiro atoms. The minimum Gasteiger partial charge on any atom is -0.378 e. The van der Waals surface area contributed by atoms with E-state index in [-0.39, 0.29) is 11.9 Å². The number of hydrogen-bond acceptors (Lipinski definition) is 5. The molecule has 214 valence electrons. The second-order valence-electron chi connectivity index (χ2n) is 9.62. The van der Waals surface area contributed by atoms with Gasteiger partial charge in [-0.3, -0.25) is 0 Å². The number of morpholine rings is 1. The molecular formula is C33H44FN5O. The third-order valence-corrected chi connectivity index (χ3v) is 6.59. The molecule has 40 heavy (non-hydrogen) atoms. The fourth-order valence-corrected chi connectivity index (χ4v) is 4.68. The third-order valence-electron chi connectivity index (χ3n) is 6.59. The van der Waals surface area contributed by atoms with Gasteiger partial charge in [-0.2, -0.15) is 5.10 Å². The first-order chi connectivity index (χ1) is 19.5. The molecule has 1 aliphatic heterocycles. The van der Waals surface area contributed by atoms with Gasteiger partial charge in [-0.25, -0.2) is 14.1 Å². The monoisotopic (exact) mass is 545 g/mol. The normalized spacial score (nSPS) is 14.8. The van der Waals surface area contributed by atoms with Crippen molar-refractivity contribution in [3.05, 3.63) is 95.9 Å².